The lowest BCUT2D eigenvalue weighted by molar-refractivity contribution is 0.166. The normalized spacial score (nSPS) is 15.1. The molecule has 0 aliphatic carbocycles. The smallest absolute Gasteiger partial charge is 0.144 e. The molecule has 0 saturated heterocycles. The van der Waals surface area contributed by atoms with Crippen LogP contribution in [0.3, 0.4) is 0 Å². The Labute approximate surface area is 256 Å². The fourth-order valence-corrected chi connectivity index (χ4v) is 6.62. The third-order valence-electron chi connectivity index (χ3n) is 9.27. The molecule has 1 aromatic rings. The maximum Gasteiger partial charge on any atom is 0.144 e. The monoisotopic (exact) mass is 571 g/mol. The van der Waals surface area contributed by atoms with Crippen LogP contribution in [0.1, 0.15) is 193 Å². The Kier molecular flexibility index (Phi) is 21.0. The number of hydrogen-bond acceptors (Lipinski definition) is 3. The molecule has 0 bridgehead atoms. The average molecular weight is 571 g/mol. The molecule has 1 aromatic heterocycles. The van der Waals surface area contributed by atoms with E-state index in [-0.39, 0.29) is 0 Å². The third-order valence-corrected chi connectivity index (χ3v) is 9.27. The Bertz CT molecular complexity index is 754. The van der Waals surface area contributed by atoms with Crippen molar-refractivity contribution in [3.05, 3.63) is 30.1 Å². The number of aromatic nitrogens is 2. The zero-order valence-corrected chi connectivity index (χ0v) is 28.2. The van der Waals surface area contributed by atoms with Gasteiger partial charge in [-0.25, -0.2) is 4.98 Å². The zero-order valence-electron chi connectivity index (χ0n) is 28.2. The lowest BCUT2D eigenvalue weighted by Gasteiger charge is -2.31. The first-order valence-corrected chi connectivity index (χ1v) is 18.4. The molecule has 0 radical (unpaired) electrons. The molecule has 2 rings (SSSR count). The molecule has 2 heterocycles. The topological polar surface area (TPSA) is 24.3 Å². The molecule has 238 valence electrons. The first kappa shape index (κ1) is 35.7. The van der Waals surface area contributed by atoms with Crippen molar-refractivity contribution in [2.24, 2.45) is 0 Å². The minimum Gasteiger partial charge on any atom is -0.354 e. The van der Waals surface area contributed by atoms with Crippen LogP contribution in [-0.2, 0) is 13.0 Å². The fraction of sp³-hybridized carbons (Fsp3) is 0.865. The van der Waals surface area contributed by atoms with Gasteiger partial charge in [-0.2, -0.15) is 0 Å². The van der Waals surface area contributed by atoms with Crippen LogP contribution in [0.5, 0.6) is 0 Å². The van der Waals surface area contributed by atoms with Crippen molar-refractivity contribution in [2.75, 3.05) is 13.6 Å². The molecule has 1 atom stereocenters. The summed E-state index contributed by atoms with van der Waals surface area (Å²) < 4.78 is 2.50. The molecule has 0 spiro atoms. The lowest BCUT2D eigenvalue weighted by atomic mass is 10.0. The van der Waals surface area contributed by atoms with Gasteiger partial charge in [0.1, 0.15) is 12.0 Å². The number of unbranched alkanes of at least 4 members (excludes halogenated alkanes) is 22. The van der Waals surface area contributed by atoms with Gasteiger partial charge in [0.2, 0.25) is 0 Å². The van der Waals surface area contributed by atoms with Gasteiger partial charge >= 0.3 is 0 Å². The summed E-state index contributed by atoms with van der Waals surface area (Å²) in [6.45, 7) is 9.05. The van der Waals surface area contributed by atoms with Crippen LogP contribution in [0.15, 0.2) is 18.6 Å². The summed E-state index contributed by atoms with van der Waals surface area (Å²) in [6.07, 6.45) is 41.9. The second kappa shape index (κ2) is 24.0. The van der Waals surface area contributed by atoms with E-state index in [0.717, 1.165) is 19.5 Å². The average Bonchev–Trinajstić information content (AvgIpc) is 3.55. The SMILES string of the molecule is CCCCCCCCCCCCCCc1ncc(C2N(C)C=CN2CCCCCCCCCCCCCC)n1CC. The first-order chi connectivity index (χ1) is 20.2. The molecule has 1 aliphatic heterocycles. The molecule has 0 aromatic carbocycles. The van der Waals surface area contributed by atoms with E-state index < -0.39 is 0 Å². The van der Waals surface area contributed by atoms with Crippen LogP contribution in [0, 0.1) is 0 Å². The van der Waals surface area contributed by atoms with Crippen molar-refractivity contribution in [3.63, 3.8) is 0 Å². The summed E-state index contributed by atoms with van der Waals surface area (Å²) in [5, 5.41) is 0. The first-order valence-electron chi connectivity index (χ1n) is 18.4. The Morgan fingerprint density at radius 3 is 1.46 bits per heavy atom. The van der Waals surface area contributed by atoms with Crippen LogP contribution in [0.4, 0.5) is 0 Å². The number of imidazole rings is 1. The van der Waals surface area contributed by atoms with Gasteiger partial charge in [0.15, 0.2) is 0 Å². The molecule has 1 aliphatic rings. The Morgan fingerprint density at radius 1 is 0.561 bits per heavy atom. The van der Waals surface area contributed by atoms with E-state index in [2.05, 4.69) is 60.8 Å². The van der Waals surface area contributed by atoms with Gasteiger partial charge in [-0.1, -0.05) is 155 Å². The number of rotatable bonds is 28. The second-order valence-electron chi connectivity index (χ2n) is 12.9. The summed E-state index contributed by atoms with van der Waals surface area (Å²) in [5.74, 6) is 1.29. The number of hydrogen-bond donors (Lipinski definition) is 0. The van der Waals surface area contributed by atoms with Crippen LogP contribution in [-0.4, -0.2) is 32.9 Å². The van der Waals surface area contributed by atoms with E-state index in [1.165, 1.54) is 166 Å². The van der Waals surface area contributed by atoms with E-state index in [4.69, 9.17) is 4.98 Å². The summed E-state index contributed by atoms with van der Waals surface area (Å²) in [5.41, 5.74) is 1.37. The van der Waals surface area contributed by atoms with Crippen LogP contribution >= 0.6 is 0 Å². The maximum absolute atomic E-state index is 4.94. The number of aryl methyl sites for hydroxylation is 1. The Balaban J connectivity index is 1.60. The van der Waals surface area contributed by atoms with Crippen molar-refractivity contribution in [1.82, 2.24) is 19.4 Å². The van der Waals surface area contributed by atoms with Crippen LogP contribution < -0.4 is 0 Å². The quantitative estimate of drug-likeness (QED) is 0.0936. The Hall–Kier alpha value is -1.45. The van der Waals surface area contributed by atoms with Gasteiger partial charge in [0, 0.05) is 39.0 Å². The highest BCUT2D eigenvalue weighted by atomic mass is 15.4. The zero-order chi connectivity index (χ0) is 29.4. The molecule has 0 fully saturated rings. The summed E-state index contributed by atoms with van der Waals surface area (Å²) >= 11 is 0. The third kappa shape index (κ3) is 15.0. The highest BCUT2D eigenvalue weighted by molar-refractivity contribution is 5.15. The lowest BCUT2D eigenvalue weighted by Crippen LogP contribution is -2.31. The summed E-state index contributed by atoms with van der Waals surface area (Å²) in [7, 11) is 2.22. The second-order valence-corrected chi connectivity index (χ2v) is 12.9. The van der Waals surface area contributed by atoms with Crippen molar-refractivity contribution >= 4 is 0 Å². The number of nitrogens with zero attached hydrogens (tertiary/aromatic N) is 4. The highest BCUT2D eigenvalue weighted by Gasteiger charge is 2.28. The predicted molar refractivity (Wildman–Crippen MR) is 180 cm³/mol. The minimum absolute atomic E-state index is 0.297. The molecule has 1 unspecified atom stereocenters. The van der Waals surface area contributed by atoms with Crippen molar-refractivity contribution < 1.29 is 0 Å². The summed E-state index contributed by atoms with van der Waals surface area (Å²) in [4.78, 5) is 9.86. The largest absolute Gasteiger partial charge is 0.354 e. The van der Waals surface area contributed by atoms with Crippen molar-refractivity contribution in [1.29, 1.82) is 0 Å². The van der Waals surface area contributed by atoms with Crippen LogP contribution in [0.25, 0.3) is 0 Å². The predicted octanol–water partition coefficient (Wildman–Crippen LogP) is 11.6. The highest BCUT2D eigenvalue weighted by Crippen LogP contribution is 2.31. The molecule has 4 nitrogen and oxygen atoms in total. The fourth-order valence-electron chi connectivity index (χ4n) is 6.62. The molecule has 0 N–H and O–H groups in total. The Morgan fingerprint density at radius 2 is 1.00 bits per heavy atom. The van der Waals surface area contributed by atoms with Gasteiger partial charge in [0.05, 0.1) is 11.9 Å². The van der Waals surface area contributed by atoms with Crippen molar-refractivity contribution in [2.45, 2.75) is 194 Å². The standard InChI is InChI=1S/C37H70N4/c1-5-8-10-12-14-16-18-20-22-24-26-28-30-36-38-34-35(41(36)7-3)37-39(4)32-33-40(37)31-29-27-25-23-21-19-17-15-13-11-9-6-2/h32-34,37H,5-31H2,1-4H3. The van der Waals surface area contributed by atoms with Gasteiger partial charge in [-0.05, 0) is 19.8 Å². The minimum atomic E-state index is 0.297. The van der Waals surface area contributed by atoms with Crippen LogP contribution in [0.2, 0.25) is 0 Å². The molecule has 4 heteroatoms. The molecular formula is C37H70N4. The molecule has 0 saturated carbocycles. The molecular weight excluding hydrogens is 500 g/mol. The van der Waals surface area contributed by atoms with Gasteiger partial charge < -0.3 is 14.4 Å². The van der Waals surface area contributed by atoms with E-state index >= 15 is 0 Å². The van der Waals surface area contributed by atoms with Gasteiger partial charge in [-0.15, -0.1) is 0 Å². The maximum atomic E-state index is 4.94. The van der Waals surface area contributed by atoms with E-state index in [9.17, 15) is 0 Å². The van der Waals surface area contributed by atoms with E-state index in [1.807, 2.05) is 0 Å². The van der Waals surface area contributed by atoms with E-state index in [0.29, 0.717) is 6.17 Å². The molecule has 41 heavy (non-hydrogen) atoms. The summed E-state index contributed by atoms with van der Waals surface area (Å²) in [6, 6.07) is 0. The van der Waals surface area contributed by atoms with Crippen molar-refractivity contribution in [3.8, 4) is 0 Å². The van der Waals surface area contributed by atoms with Gasteiger partial charge in [-0.3, -0.25) is 0 Å². The van der Waals surface area contributed by atoms with Gasteiger partial charge in [0.25, 0.3) is 0 Å². The molecule has 0 amide bonds. The van der Waals surface area contributed by atoms with E-state index in [1.54, 1.807) is 0 Å².